The molecule has 1 saturated heterocycles. The van der Waals surface area contributed by atoms with Crippen LogP contribution in [0.3, 0.4) is 0 Å². The molecule has 2 heterocycles. The number of hydrogen-bond acceptors (Lipinski definition) is 2. The molecule has 0 radical (unpaired) electrons. The van der Waals surface area contributed by atoms with Gasteiger partial charge in [0.25, 0.3) is 5.91 Å². The van der Waals surface area contributed by atoms with Crippen LogP contribution in [0.15, 0.2) is 42.5 Å². The first kappa shape index (κ1) is 16.0. The van der Waals surface area contributed by atoms with E-state index in [1.807, 2.05) is 41.3 Å². The molecule has 120 valence electrons. The van der Waals surface area contributed by atoms with Crippen LogP contribution in [0.4, 0.5) is 0 Å². The van der Waals surface area contributed by atoms with E-state index in [0.717, 1.165) is 24.3 Å². The van der Waals surface area contributed by atoms with Gasteiger partial charge < -0.3 is 4.90 Å². The summed E-state index contributed by atoms with van der Waals surface area (Å²) in [7, 11) is 0. The Morgan fingerprint density at radius 3 is 2.48 bits per heavy atom. The zero-order valence-corrected chi connectivity index (χ0v) is 14.3. The summed E-state index contributed by atoms with van der Waals surface area (Å²) in [5.74, 6) is 1.08. The van der Waals surface area contributed by atoms with Crippen molar-refractivity contribution >= 4 is 17.5 Å². The molecule has 1 aromatic carbocycles. The van der Waals surface area contributed by atoms with Crippen molar-refractivity contribution in [2.75, 3.05) is 13.1 Å². The predicted octanol–water partition coefficient (Wildman–Crippen LogP) is 4.52. The number of rotatable bonds is 2. The van der Waals surface area contributed by atoms with Gasteiger partial charge in [-0.3, -0.25) is 4.79 Å². The highest BCUT2D eigenvalue weighted by Gasteiger charge is 2.26. The molecule has 1 amide bonds. The van der Waals surface area contributed by atoms with E-state index < -0.39 is 0 Å². The average Bonchev–Trinajstić information content (AvgIpc) is 2.54. The van der Waals surface area contributed by atoms with Crippen LogP contribution in [0.5, 0.6) is 0 Å². The number of halogens is 1. The van der Waals surface area contributed by atoms with Crippen molar-refractivity contribution in [1.29, 1.82) is 0 Å². The number of amides is 1. The van der Waals surface area contributed by atoms with E-state index in [2.05, 4.69) is 18.8 Å². The van der Waals surface area contributed by atoms with Crippen LogP contribution in [-0.4, -0.2) is 28.9 Å². The molecule has 1 aliphatic heterocycles. The molecule has 1 aliphatic rings. The Morgan fingerprint density at radius 2 is 1.78 bits per heavy atom. The summed E-state index contributed by atoms with van der Waals surface area (Å²) in [4.78, 5) is 19.3. The highest BCUT2D eigenvalue weighted by atomic mass is 35.5. The minimum atomic E-state index is 0.0114. The summed E-state index contributed by atoms with van der Waals surface area (Å²) >= 11 is 6.24. The molecule has 2 unspecified atom stereocenters. The Bertz CT molecular complexity index is 706. The van der Waals surface area contributed by atoms with Crippen molar-refractivity contribution in [2.45, 2.75) is 20.3 Å². The summed E-state index contributed by atoms with van der Waals surface area (Å²) in [5.41, 5.74) is 2.08. The van der Waals surface area contributed by atoms with E-state index in [9.17, 15) is 4.79 Å². The van der Waals surface area contributed by atoms with Crippen molar-refractivity contribution < 1.29 is 4.79 Å². The van der Waals surface area contributed by atoms with E-state index in [-0.39, 0.29) is 5.91 Å². The normalized spacial score (nSPS) is 21.3. The first-order valence-corrected chi connectivity index (χ1v) is 8.43. The maximum Gasteiger partial charge on any atom is 0.272 e. The van der Waals surface area contributed by atoms with Crippen molar-refractivity contribution in [3.05, 3.63) is 53.2 Å². The largest absolute Gasteiger partial charge is 0.337 e. The first-order chi connectivity index (χ1) is 11.0. The van der Waals surface area contributed by atoms with Gasteiger partial charge in [0.15, 0.2) is 0 Å². The number of aromatic nitrogens is 1. The number of likely N-dealkylation sites (tertiary alicyclic amines) is 1. The number of pyridine rings is 1. The third-order valence-corrected chi connectivity index (χ3v) is 4.60. The smallest absolute Gasteiger partial charge is 0.272 e. The molecular formula is C19H21ClN2O. The summed E-state index contributed by atoms with van der Waals surface area (Å²) < 4.78 is 0. The number of carbonyl (C=O) groups is 1. The maximum absolute atomic E-state index is 12.8. The summed E-state index contributed by atoms with van der Waals surface area (Å²) in [5, 5.41) is 0.643. The zero-order chi connectivity index (χ0) is 16.4. The van der Waals surface area contributed by atoms with E-state index in [4.69, 9.17) is 11.6 Å². The first-order valence-electron chi connectivity index (χ1n) is 8.06. The van der Waals surface area contributed by atoms with Gasteiger partial charge in [-0.25, -0.2) is 4.98 Å². The van der Waals surface area contributed by atoms with Crippen LogP contribution < -0.4 is 0 Å². The molecule has 2 aromatic rings. The Hall–Kier alpha value is -1.87. The maximum atomic E-state index is 12.8. The number of hydrogen-bond donors (Lipinski definition) is 0. The van der Waals surface area contributed by atoms with E-state index >= 15 is 0 Å². The monoisotopic (exact) mass is 328 g/mol. The fourth-order valence-corrected chi connectivity index (χ4v) is 3.60. The topological polar surface area (TPSA) is 33.2 Å². The molecule has 3 rings (SSSR count). The Labute approximate surface area is 142 Å². The minimum Gasteiger partial charge on any atom is -0.337 e. The van der Waals surface area contributed by atoms with Crippen LogP contribution >= 0.6 is 11.6 Å². The number of piperidine rings is 1. The Balaban J connectivity index is 1.88. The van der Waals surface area contributed by atoms with Gasteiger partial charge in [0, 0.05) is 23.7 Å². The second kappa shape index (κ2) is 6.71. The van der Waals surface area contributed by atoms with E-state index in [1.165, 1.54) is 6.42 Å². The Kier molecular flexibility index (Phi) is 4.67. The fraction of sp³-hybridized carbons (Fsp3) is 0.368. The van der Waals surface area contributed by atoms with Gasteiger partial charge in [0.2, 0.25) is 0 Å². The van der Waals surface area contributed by atoms with Gasteiger partial charge in [0.05, 0.1) is 5.69 Å². The lowest BCUT2D eigenvalue weighted by atomic mass is 9.92. The fourth-order valence-electron chi connectivity index (χ4n) is 3.36. The molecule has 23 heavy (non-hydrogen) atoms. The van der Waals surface area contributed by atoms with Crippen molar-refractivity contribution in [1.82, 2.24) is 9.88 Å². The minimum absolute atomic E-state index is 0.0114. The van der Waals surface area contributed by atoms with E-state index in [0.29, 0.717) is 22.6 Å². The molecule has 4 heteroatoms. The lowest BCUT2D eigenvalue weighted by Crippen LogP contribution is -2.42. The summed E-state index contributed by atoms with van der Waals surface area (Å²) in [6, 6.07) is 13.1. The molecule has 1 fully saturated rings. The molecular weight excluding hydrogens is 308 g/mol. The summed E-state index contributed by atoms with van der Waals surface area (Å²) in [6.07, 6.45) is 1.18. The molecule has 0 aliphatic carbocycles. The van der Waals surface area contributed by atoms with Gasteiger partial charge >= 0.3 is 0 Å². The molecule has 0 spiro atoms. The third-order valence-electron chi connectivity index (χ3n) is 4.27. The Morgan fingerprint density at radius 1 is 1.09 bits per heavy atom. The molecule has 0 N–H and O–H groups in total. The van der Waals surface area contributed by atoms with Gasteiger partial charge in [-0.1, -0.05) is 49.7 Å². The highest BCUT2D eigenvalue weighted by Crippen LogP contribution is 2.27. The number of benzene rings is 1. The number of carbonyl (C=O) groups excluding carboxylic acids is 1. The standard InChI is InChI=1S/C19H21ClN2O/c1-13-10-14(2)12-22(11-13)19(23)18-9-5-8-17(21-18)15-6-3-4-7-16(15)20/h3-9,13-14H,10-12H2,1-2H3. The predicted molar refractivity (Wildman–Crippen MR) is 93.5 cm³/mol. The van der Waals surface area contributed by atoms with Crippen LogP contribution in [0.1, 0.15) is 30.8 Å². The second-order valence-corrected chi connectivity index (χ2v) is 6.95. The van der Waals surface area contributed by atoms with Gasteiger partial charge in [-0.05, 0) is 36.5 Å². The molecule has 0 bridgehead atoms. The van der Waals surface area contributed by atoms with Gasteiger partial charge in [0.1, 0.15) is 5.69 Å². The van der Waals surface area contributed by atoms with Crippen molar-refractivity contribution in [3.63, 3.8) is 0 Å². The van der Waals surface area contributed by atoms with Crippen LogP contribution in [0.25, 0.3) is 11.3 Å². The van der Waals surface area contributed by atoms with Crippen LogP contribution in [-0.2, 0) is 0 Å². The second-order valence-electron chi connectivity index (χ2n) is 6.54. The van der Waals surface area contributed by atoms with Crippen LogP contribution in [0, 0.1) is 11.8 Å². The van der Waals surface area contributed by atoms with Gasteiger partial charge in [-0.2, -0.15) is 0 Å². The van der Waals surface area contributed by atoms with Crippen molar-refractivity contribution in [2.24, 2.45) is 11.8 Å². The van der Waals surface area contributed by atoms with Gasteiger partial charge in [-0.15, -0.1) is 0 Å². The SMILES string of the molecule is CC1CC(C)CN(C(=O)c2cccc(-c3ccccc3Cl)n2)C1. The molecule has 2 atom stereocenters. The molecule has 1 aromatic heterocycles. The lowest BCUT2D eigenvalue weighted by Gasteiger charge is -2.34. The van der Waals surface area contributed by atoms with Crippen LogP contribution in [0.2, 0.25) is 5.02 Å². The summed E-state index contributed by atoms with van der Waals surface area (Å²) in [6.45, 7) is 6.01. The third kappa shape index (κ3) is 3.56. The van der Waals surface area contributed by atoms with E-state index in [1.54, 1.807) is 6.07 Å². The number of nitrogens with zero attached hydrogens (tertiary/aromatic N) is 2. The average molecular weight is 329 g/mol. The zero-order valence-electron chi connectivity index (χ0n) is 13.5. The molecule has 3 nitrogen and oxygen atoms in total. The quantitative estimate of drug-likeness (QED) is 0.812. The van der Waals surface area contributed by atoms with Crippen molar-refractivity contribution in [3.8, 4) is 11.3 Å². The molecule has 0 saturated carbocycles. The highest BCUT2D eigenvalue weighted by molar-refractivity contribution is 6.33. The lowest BCUT2D eigenvalue weighted by molar-refractivity contribution is 0.0617.